The lowest BCUT2D eigenvalue weighted by molar-refractivity contribution is 0.377. The summed E-state index contributed by atoms with van der Waals surface area (Å²) in [4.78, 5) is 0. The molecule has 3 nitrogen and oxygen atoms in total. The summed E-state index contributed by atoms with van der Waals surface area (Å²) in [6, 6.07) is 0. The van der Waals surface area contributed by atoms with E-state index in [1.807, 2.05) is 12.4 Å². The van der Waals surface area contributed by atoms with Crippen LogP contribution in [0.5, 0.6) is 0 Å². The maximum absolute atomic E-state index is 5.65. The molecule has 0 aliphatic carbocycles. The van der Waals surface area contributed by atoms with E-state index in [4.69, 9.17) is 5.73 Å². The Bertz CT molecular complexity index is 286. The zero-order valence-electron chi connectivity index (χ0n) is 8.33. The summed E-state index contributed by atoms with van der Waals surface area (Å²) in [6.45, 7) is 8.63. The Kier molecular flexibility index (Phi) is 2.88. The van der Waals surface area contributed by atoms with Crippen LogP contribution in [0.25, 0.3) is 6.20 Å². The first-order valence-electron chi connectivity index (χ1n) is 4.43. The van der Waals surface area contributed by atoms with Crippen molar-refractivity contribution in [3.63, 3.8) is 0 Å². The van der Waals surface area contributed by atoms with E-state index >= 15 is 0 Å². The first-order valence-corrected chi connectivity index (χ1v) is 4.43. The van der Waals surface area contributed by atoms with Crippen LogP contribution >= 0.6 is 0 Å². The number of aromatic nitrogens is 2. The Morgan fingerprint density at radius 3 is 2.85 bits per heavy atom. The predicted octanol–water partition coefficient (Wildman–Crippen LogP) is 1.51. The minimum atomic E-state index is 0.148. The zero-order chi connectivity index (χ0) is 9.90. The van der Waals surface area contributed by atoms with E-state index in [-0.39, 0.29) is 5.41 Å². The smallest absolute Gasteiger partial charge is 0.0526 e. The molecule has 0 bridgehead atoms. The molecule has 0 fully saturated rings. The third-order valence-corrected chi connectivity index (χ3v) is 2.08. The molecule has 1 aromatic heterocycles. The SMILES string of the molecule is C=Cn1cc(CC(C)(C)CN)cn1. The molecule has 0 atom stereocenters. The van der Waals surface area contributed by atoms with Crippen LogP contribution in [0.15, 0.2) is 19.0 Å². The molecule has 72 valence electrons. The maximum Gasteiger partial charge on any atom is 0.0526 e. The molecular weight excluding hydrogens is 162 g/mol. The zero-order valence-corrected chi connectivity index (χ0v) is 8.33. The molecular formula is C10H17N3. The van der Waals surface area contributed by atoms with E-state index in [1.54, 1.807) is 10.9 Å². The second kappa shape index (κ2) is 3.75. The summed E-state index contributed by atoms with van der Waals surface area (Å²) in [7, 11) is 0. The Morgan fingerprint density at radius 1 is 1.69 bits per heavy atom. The van der Waals surface area contributed by atoms with Gasteiger partial charge in [0.25, 0.3) is 0 Å². The highest BCUT2D eigenvalue weighted by atomic mass is 15.2. The van der Waals surface area contributed by atoms with Crippen molar-refractivity contribution >= 4 is 6.20 Å². The Hall–Kier alpha value is -1.09. The number of nitrogens with two attached hydrogens (primary N) is 1. The molecule has 0 saturated carbocycles. The Balaban J connectivity index is 2.69. The molecule has 1 rings (SSSR count). The first kappa shape index (κ1) is 9.99. The fourth-order valence-electron chi connectivity index (χ4n) is 1.19. The topological polar surface area (TPSA) is 43.8 Å². The molecule has 0 aromatic carbocycles. The van der Waals surface area contributed by atoms with Crippen molar-refractivity contribution in [2.24, 2.45) is 11.1 Å². The summed E-state index contributed by atoms with van der Waals surface area (Å²) in [5, 5.41) is 4.11. The molecule has 0 amide bonds. The number of nitrogens with zero attached hydrogens (tertiary/aromatic N) is 2. The fourth-order valence-corrected chi connectivity index (χ4v) is 1.19. The fraction of sp³-hybridized carbons (Fsp3) is 0.500. The molecule has 13 heavy (non-hydrogen) atoms. The van der Waals surface area contributed by atoms with Gasteiger partial charge in [-0.2, -0.15) is 5.10 Å². The van der Waals surface area contributed by atoms with Crippen LogP contribution in [0.4, 0.5) is 0 Å². The van der Waals surface area contributed by atoms with Gasteiger partial charge in [-0.3, -0.25) is 0 Å². The second-order valence-corrected chi connectivity index (χ2v) is 4.06. The van der Waals surface area contributed by atoms with E-state index in [0.717, 1.165) is 6.42 Å². The highest BCUT2D eigenvalue weighted by Gasteiger charge is 2.16. The van der Waals surface area contributed by atoms with Crippen molar-refractivity contribution in [2.75, 3.05) is 6.54 Å². The van der Waals surface area contributed by atoms with Crippen LogP contribution in [0.1, 0.15) is 19.4 Å². The maximum atomic E-state index is 5.65. The van der Waals surface area contributed by atoms with Gasteiger partial charge in [0.2, 0.25) is 0 Å². The van der Waals surface area contributed by atoms with Gasteiger partial charge in [-0.1, -0.05) is 20.4 Å². The highest BCUT2D eigenvalue weighted by Crippen LogP contribution is 2.19. The van der Waals surface area contributed by atoms with Crippen molar-refractivity contribution in [1.29, 1.82) is 0 Å². The number of hydrogen-bond acceptors (Lipinski definition) is 2. The molecule has 0 saturated heterocycles. The van der Waals surface area contributed by atoms with Crippen LogP contribution in [0, 0.1) is 5.41 Å². The van der Waals surface area contributed by atoms with Gasteiger partial charge < -0.3 is 5.73 Å². The largest absolute Gasteiger partial charge is 0.330 e. The molecule has 0 spiro atoms. The van der Waals surface area contributed by atoms with Gasteiger partial charge in [-0.05, 0) is 23.9 Å². The van der Waals surface area contributed by atoms with E-state index in [9.17, 15) is 0 Å². The van der Waals surface area contributed by atoms with Crippen molar-refractivity contribution in [1.82, 2.24) is 9.78 Å². The van der Waals surface area contributed by atoms with Crippen molar-refractivity contribution in [2.45, 2.75) is 20.3 Å². The Morgan fingerprint density at radius 2 is 2.38 bits per heavy atom. The van der Waals surface area contributed by atoms with Crippen LogP contribution in [0.3, 0.4) is 0 Å². The molecule has 1 heterocycles. The van der Waals surface area contributed by atoms with Crippen molar-refractivity contribution < 1.29 is 0 Å². The van der Waals surface area contributed by atoms with Gasteiger partial charge in [-0.25, -0.2) is 4.68 Å². The molecule has 1 aromatic rings. The number of rotatable bonds is 4. The van der Waals surface area contributed by atoms with Crippen molar-refractivity contribution in [3.8, 4) is 0 Å². The molecule has 0 aliphatic rings. The predicted molar refractivity (Wildman–Crippen MR) is 55.2 cm³/mol. The van der Waals surface area contributed by atoms with Gasteiger partial charge >= 0.3 is 0 Å². The van der Waals surface area contributed by atoms with E-state index < -0.39 is 0 Å². The van der Waals surface area contributed by atoms with E-state index in [2.05, 4.69) is 25.5 Å². The summed E-state index contributed by atoms with van der Waals surface area (Å²) in [6.07, 6.45) is 6.47. The van der Waals surface area contributed by atoms with Crippen LogP contribution in [-0.4, -0.2) is 16.3 Å². The lowest BCUT2D eigenvalue weighted by Crippen LogP contribution is -2.25. The molecule has 2 N–H and O–H groups in total. The summed E-state index contributed by atoms with van der Waals surface area (Å²) in [5.74, 6) is 0. The summed E-state index contributed by atoms with van der Waals surface area (Å²) >= 11 is 0. The summed E-state index contributed by atoms with van der Waals surface area (Å²) < 4.78 is 1.71. The third-order valence-electron chi connectivity index (χ3n) is 2.08. The average molecular weight is 179 g/mol. The molecule has 0 unspecified atom stereocenters. The second-order valence-electron chi connectivity index (χ2n) is 4.06. The highest BCUT2D eigenvalue weighted by molar-refractivity contribution is 5.18. The van der Waals surface area contributed by atoms with Gasteiger partial charge in [0.05, 0.1) is 6.20 Å². The van der Waals surface area contributed by atoms with E-state index in [0.29, 0.717) is 6.54 Å². The normalized spacial score (nSPS) is 11.6. The van der Waals surface area contributed by atoms with Gasteiger partial charge in [0.15, 0.2) is 0 Å². The molecule has 0 aliphatic heterocycles. The van der Waals surface area contributed by atoms with Crippen LogP contribution < -0.4 is 5.73 Å². The van der Waals surface area contributed by atoms with Gasteiger partial charge in [0, 0.05) is 12.4 Å². The lowest BCUT2D eigenvalue weighted by Gasteiger charge is -2.20. The summed E-state index contributed by atoms with van der Waals surface area (Å²) in [5.41, 5.74) is 7.00. The number of hydrogen-bond donors (Lipinski definition) is 1. The minimum Gasteiger partial charge on any atom is -0.330 e. The van der Waals surface area contributed by atoms with Crippen molar-refractivity contribution in [3.05, 3.63) is 24.5 Å². The van der Waals surface area contributed by atoms with Gasteiger partial charge in [-0.15, -0.1) is 0 Å². The van der Waals surface area contributed by atoms with E-state index in [1.165, 1.54) is 5.56 Å². The average Bonchev–Trinajstić information content (AvgIpc) is 2.52. The minimum absolute atomic E-state index is 0.148. The van der Waals surface area contributed by atoms with Crippen LogP contribution in [0.2, 0.25) is 0 Å². The quantitative estimate of drug-likeness (QED) is 0.761. The third kappa shape index (κ3) is 2.70. The Labute approximate surface area is 79.2 Å². The monoisotopic (exact) mass is 179 g/mol. The first-order chi connectivity index (χ1) is 6.07. The standard InChI is InChI=1S/C10H17N3/c1-4-13-7-9(6-12-13)5-10(2,3)8-11/h4,6-7H,1,5,8,11H2,2-3H3. The molecule has 3 heteroatoms. The lowest BCUT2D eigenvalue weighted by atomic mass is 9.87. The van der Waals surface area contributed by atoms with Gasteiger partial charge in [0.1, 0.15) is 0 Å². The van der Waals surface area contributed by atoms with Crippen LogP contribution in [-0.2, 0) is 6.42 Å². The molecule has 0 radical (unpaired) electrons.